The third kappa shape index (κ3) is 5.05. The van der Waals surface area contributed by atoms with Crippen LogP contribution in [0.25, 0.3) is 0 Å². The molecule has 6 nitrogen and oxygen atoms in total. The van der Waals surface area contributed by atoms with Crippen molar-refractivity contribution in [1.29, 1.82) is 0 Å². The first kappa shape index (κ1) is 19.3. The molecular formula is C17H20BrN3O3S2. The number of rotatable bonds is 5. The minimum absolute atomic E-state index is 0.121. The van der Waals surface area contributed by atoms with Crippen LogP contribution in [0.5, 0.6) is 0 Å². The van der Waals surface area contributed by atoms with E-state index >= 15 is 0 Å². The van der Waals surface area contributed by atoms with E-state index in [0.29, 0.717) is 31.7 Å². The summed E-state index contributed by atoms with van der Waals surface area (Å²) in [6.45, 7) is 4.34. The van der Waals surface area contributed by atoms with Crippen LogP contribution < -0.4 is 4.90 Å². The van der Waals surface area contributed by atoms with E-state index in [1.54, 1.807) is 40.5 Å². The summed E-state index contributed by atoms with van der Waals surface area (Å²) in [7, 11) is -3.49. The molecule has 0 aliphatic carbocycles. The minimum atomic E-state index is -3.49. The van der Waals surface area contributed by atoms with Crippen LogP contribution in [0.1, 0.15) is 11.3 Å². The fourth-order valence-corrected chi connectivity index (χ4v) is 5.28. The second kappa shape index (κ2) is 8.06. The number of halogens is 1. The average molecular weight is 458 g/mol. The number of aromatic nitrogens is 1. The molecule has 1 fully saturated rings. The van der Waals surface area contributed by atoms with Crippen molar-refractivity contribution in [1.82, 2.24) is 9.88 Å². The lowest BCUT2D eigenvalue weighted by molar-refractivity contribution is -0.128. The van der Waals surface area contributed by atoms with Crippen molar-refractivity contribution < 1.29 is 13.2 Å². The van der Waals surface area contributed by atoms with Gasteiger partial charge in [-0.1, -0.05) is 28.1 Å². The number of amides is 1. The maximum absolute atomic E-state index is 12.4. The Labute approximate surface area is 165 Å². The molecule has 26 heavy (non-hydrogen) atoms. The summed E-state index contributed by atoms with van der Waals surface area (Å²) in [5, 5.41) is 2.96. The zero-order valence-electron chi connectivity index (χ0n) is 14.4. The molecule has 0 saturated carbocycles. The van der Waals surface area contributed by atoms with Crippen molar-refractivity contribution in [2.45, 2.75) is 12.7 Å². The minimum Gasteiger partial charge on any atom is -0.345 e. The molecule has 9 heteroatoms. The lowest BCUT2D eigenvalue weighted by Gasteiger charge is -2.34. The Morgan fingerprint density at radius 3 is 2.42 bits per heavy atom. The third-order valence-electron chi connectivity index (χ3n) is 4.15. The SMILES string of the molecule is Cc1csc(N2CCN(C(=O)CS(=O)(=O)Cc3ccc(Br)cc3)CC2)n1. The van der Waals surface area contributed by atoms with Gasteiger partial charge in [0.15, 0.2) is 15.0 Å². The normalized spacial score (nSPS) is 15.3. The Kier molecular flexibility index (Phi) is 5.99. The van der Waals surface area contributed by atoms with E-state index in [1.165, 1.54) is 0 Å². The summed E-state index contributed by atoms with van der Waals surface area (Å²) >= 11 is 4.91. The Morgan fingerprint density at radius 2 is 1.85 bits per heavy atom. The molecule has 0 N–H and O–H groups in total. The molecule has 0 atom stereocenters. The molecule has 2 aromatic rings. The number of hydrogen-bond donors (Lipinski definition) is 0. The van der Waals surface area contributed by atoms with Crippen molar-refractivity contribution >= 4 is 48.1 Å². The smallest absolute Gasteiger partial charge is 0.237 e. The fourth-order valence-electron chi connectivity index (χ4n) is 2.80. The number of nitrogens with zero attached hydrogens (tertiary/aromatic N) is 3. The lowest BCUT2D eigenvalue weighted by Crippen LogP contribution is -2.50. The number of benzene rings is 1. The van der Waals surface area contributed by atoms with Gasteiger partial charge in [-0.05, 0) is 24.6 Å². The summed E-state index contributed by atoms with van der Waals surface area (Å²) in [6, 6.07) is 7.10. The molecule has 1 aliphatic heterocycles. The van der Waals surface area contributed by atoms with Crippen LogP contribution in [0.3, 0.4) is 0 Å². The zero-order chi connectivity index (χ0) is 18.7. The van der Waals surface area contributed by atoms with Gasteiger partial charge in [-0.25, -0.2) is 13.4 Å². The first-order chi connectivity index (χ1) is 12.3. The van der Waals surface area contributed by atoms with Gasteiger partial charge in [-0.3, -0.25) is 4.79 Å². The van der Waals surface area contributed by atoms with Crippen LogP contribution in [0, 0.1) is 6.92 Å². The van der Waals surface area contributed by atoms with Gasteiger partial charge in [-0.15, -0.1) is 11.3 Å². The molecule has 1 aliphatic rings. The molecular weight excluding hydrogens is 438 g/mol. The van der Waals surface area contributed by atoms with E-state index in [1.807, 2.05) is 12.3 Å². The van der Waals surface area contributed by atoms with Crippen molar-refractivity contribution in [3.63, 3.8) is 0 Å². The highest BCUT2D eigenvalue weighted by Gasteiger charge is 2.26. The second-order valence-corrected chi connectivity index (χ2v) is 10.1. The Morgan fingerprint density at radius 1 is 1.19 bits per heavy atom. The highest BCUT2D eigenvalue weighted by atomic mass is 79.9. The monoisotopic (exact) mass is 457 g/mol. The quantitative estimate of drug-likeness (QED) is 0.689. The van der Waals surface area contributed by atoms with Crippen molar-refractivity contribution in [2.75, 3.05) is 36.8 Å². The predicted molar refractivity (Wildman–Crippen MR) is 107 cm³/mol. The fraction of sp³-hybridized carbons (Fsp3) is 0.412. The van der Waals surface area contributed by atoms with Crippen molar-refractivity contribution in [3.8, 4) is 0 Å². The lowest BCUT2D eigenvalue weighted by atomic mass is 10.2. The number of aryl methyl sites for hydroxylation is 1. The first-order valence-corrected chi connectivity index (χ1v) is 11.7. The van der Waals surface area contributed by atoms with E-state index in [2.05, 4.69) is 25.8 Å². The molecule has 140 valence electrons. The van der Waals surface area contributed by atoms with Gasteiger partial charge >= 0.3 is 0 Å². The van der Waals surface area contributed by atoms with Gasteiger partial charge in [0.25, 0.3) is 0 Å². The number of carbonyl (C=O) groups is 1. The summed E-state index contributed by atoms with van der Waals surface area (Å²) in [5.41, 5.74) is 1.67. The maximum atomic E-state index is 12.4. The predicted octanol–water partition coefficient (Wildman–Crippen LogP) is 2.48. The number of anilines is 1. The van der Waals surface area contributed by atoms with Gasteiger partial charge < -0.3 is 9.80 Å². The van der Waals surface area contributed by atoms with E-state index in [-0.39, 0.29) is 11.7 Å². The van der Waals surface area contributed by atoms with E-state index in [9.17, 15) is 13.2 Å². The van der Waals surface area contributed by atoms with Gasteiger partial charge in [0.1, 0.15) is 5.75 Å². The van der Waals surface area contributed by atoms with Gasteiger partial charge in [-0.2, -0.15) is 0 Å². The molecule has 0 unspecified atom stereocenters. The molecule has 1 amide bonds. The highest BCUT2D eigenvalue weighted by Crippen LogP contribution is 2.21. The van der Waals surface area contributed by atoms with Crippen LogP contribution in [0.4, 0.5) is 5.13 Å². The number of piperazine rings is 1. The van der Waals surface area contributed by atoms with Crippen LogP contribution >= 0.6 is 27.3 Å². The summed E-state index contributed by atoms with van der Waals surface area (Å²) in [4.78, 5) is 20.6. The highest BCUT2D eigenvalue weighted by molar-refractivity contribution is 9.10. The summed E-state index contributed by atoms with van der Waals surface area (Å²) < 4.78 is 25.6. The molecule has 1 aromatic heterocycles. The zero-order valence-corrected chi connectivity index (χ0v) is 17.6. The van der Waals surface area contributed by atoms with Gasteiger partial charge in [0.05, 0.1) is 11.4 Å². The molecule has 0 spiro atoms. The maximum Gasteiger partial charge on any atom is 0.237 e. The number of sulfone groups is 1. The van der Waals surface area contributed by atoms with Gasteiger partial charge in [0, 0.05) is 36.0 Å². The van der Waals surface area contributed by atoms with Crippen LogP contribution in [0.2, 0.25) is 0 Å². The van der Waals surface area contributed by atoms with Gasteiger partial charge in [0.2, 0.25) is 5.91 Å². The second-order valence-electron chi connectivity index (χ2n) is 6.30. The largest absolute Gasteiger partial charge is 0.345 e. The molecule has 3 rings (SSSR count). The number of carbonyl (C=O) groups excluding carboxylic acids is 1. The number of hydrogen-bond acceptors (Lipinski definition) is 6. The molecule has 0 radical (unpaired) electrons. The molecule has 1 saturated heterocycles. The summed E-state index contributed by atoms with van der Waals surface area (Å²) in [5.74, 6) is -0.888. The third-order valence-corrected chi connectivity index (χ3v) is 7.16. The van der Waals surface area contributed by atoms with Crippen LogP contribution in [-0.2, 0) is 20.4 Å². The molecule has 2 heterocycles. The Balaban J connectivity index is 1.54. The number of thiazole rings is 1. The van der Waals surface area contributed by atoms with Crippen molar-refractivity contribution in [3.05, 3.63) is 45.4 Å². The van der Waals surface area contributed by atoms with Crippen LogP contribution in [0.15, 0.2) is 34.1 Å². The van der Waals surface area contributed by atoms with E-state index in [4.69, 9.17) is 0 Å². The summed E-state index contributed by atoms with van der Waals surface area (Å²) in [6.07, 6.45) is 0. The Bertz CT molecular complexity index is 873. The van der Waals surface area contributed by atoms with Crippen molar-refractivity contribution in [2.24, 2.45) is 0 Å². The van der Waals surface area contributed by atoms with E-state index < -0.39 is 15.6 Å². The molecule has 1 aromatic carbocycles. The van der Waals surface area contributed by atoms with E-state index in [0.717, 1.165) is 15.3 Å². The average Bonchev–Trinajstić information content (AvgIpc) is 3.03. The first-order valence-electron chi connectivity index (χ1n) is 8.22. The standard InChI is InChI=1S/C17H20BrN3O3S2/c1-13-10-25-17(19-13)21-8-6-20(7-9-21)16(22)12-26(23,24)11-14-2-4-15(18)5-3-14/h2-5,10H,6-9,11-12H2,1H3. The topological polar surface area (TPSA) is 70.6 Å². The Hall–Kier alpha value is -1.45. The molecule has 0 bridgehead atoms. The van der Waals surface area contributed by atoms with Crippen LogP contribution in [-0.4, -0.2) is 56.1 Å².